The molecule has 1 aromatic carbocycles. The third kappa shape index (κ3) is 4.40. The van der Waals surface area contributed by atoms with Gasteiger partial charge in [0.2, 0.25) is 5.89 Å². The first-order valence-electron chi connectivity index (χ1n) is 8.82. The average Bonchev–Trinajstić information content (AvgIpc) is 3.43. The van der Waals surface area contributed by atoms with E-state index in [1.807, 2.05) is 24.3 Å². The minimum Gasteiger partial charge on any atom is -0.447 e. The van der Waals surface area contributed by atoms with Crippen LogP contribution in [-0.2, 0) is 19.4 Å². The van der Waals surface area contributed by atoms with Crippen molar-refractivity contribution in [3.63, 3.8) is 0 Å². The monoisotopic (exact) mass is 381 g/mol. The molecule has 1 amide bonds. The minimum absolute atomic E-state index is 0.210. The number of nitrogens with one attached hydrogen (secondary N) is 2. The van der Waals surface area contributed by atoms with Crippen molar-refractivity contribution in [1.29, 1.82) is 0 Å². The van der Waals surface area contributed by atoms with Crippen LogP contribution < -0.4 is 5.32 Å². The Kier molecular flexibility index (Phi) is 5.24. The third-order valence-electron chi connectivity index (χ3n) is 4.16. The standard InChI is InChI=1S/C19H19N5O2S/c25-19(21-11-17-20-9-10-26-17)15-12-27-18(24-15)8-4-3-7-16-22-13-5-1-2-6-14(13)23-16/h1-2,5-6,9-10,12H,3-4,7-8,11H2,(H,21,25)(H,22,23). The minimum atomic E-state index is -0.210. The zero-order valence-electron chi connectivity index (χ0n) is 14.6. The lowest BCUT2D eigenvalue weighted by Gasteiger charge is -1.99. The predicted molar refractivity (Wildman–Crippen MR) is 103 cm³/mol. The summed E-state index contributed by atoms with van der Waals surface area (Å²) in [5.41, 5.74) is 2.53. The molecule has 0 aliphatic carbocycles. The van der Waals surface area contributed by atoms with E-state index < -0.39 is 0 Å². The highest BCUT2D eigenvalue weighted by atomic mass is 32.1. The van der Waals surface area contributed by atoms with E-state index in [1.165, 1.54) is 17.6 Å². The van der Waals surface area contributed by atoms with Gasteiger partial charge in [-0.1, -0.05) is 12.1 Å². The lowest BCUT2D eigenvalue weighted by molar-refractivity contribution is 0.0943. The van der Waals surface area contributed by atoms with Crippen LogP contribution in [-0.4, -0.2) is 25.8 Å². The van der Waals surface area contributed by atoms with E-state index in [9.17, 15) is 4.79 Å². The molecule has 3 heterocycles. The molecule has 0 radical (unpaired) electrons. The number of benzene rings is 1. The summed E-state index contributed by atoms with van der Waals surface area (Å²) in [6.07, 6.45) is 6.82. The first-order chi connectivity index (χ1) is 13.3. The van der Waals surface area contributed by atoms with Crippen molar-refractivity contribution in [2.24, 2.45) is 0 Å². The summed E-state index contributed by atoms with van der Waals surface area (Å²) < 4.78 is 5.09. The summed E-state index contributed by atoms with van der Waals surface area (Å²) in [4.78, 5) is 28.4. The van der Waals surface area contributed by atoms with Crippen LogP contribution in [0, 0.1) is 0 Å². The highest BCUT2D eigenvalue weighted by Crippen LogP contribution is 2.15. The molecular weight excluding hydrogens is 362 g/mol. The number of amides is 1. The van der Waals surface area contributed by atoms with Crippen LogP contribution in [0.5, 0.6) is 0 Å². The summed E-state index contributed by atoms with van der Waals surface area (Å²) in [5, 5.41) is 5.52. The summed E-state index contributed by atoms with van der Waals surface area (Å²) in [6.45, 7) is 0.260. The van der Waals surface area contributed by atoms with Crippen molar-refractivity contribution < 1.29 is 9.21 Å². The molecule has 0 saturated carbocycles. The lowest BCUT2D eigenvalue weighted by atomic mass is 10.2. The van der Waals surface area contributed by atoms with Gasteiger partial charge in [0.25, 0.3) is 5.91 Å². The van der Waals surface area contributed by atoms with E-state index in [0.717, 1.165) is 47.5 Å². The highest BCUT2D eigenvalue weighted by Gasteiger charge is 2.11. The van der Waals surface area contributed by atoms with E-state index >= 15 is 0 Å². The van der Waals surface area contributed by atoms with Crippen molar-refractivity contribution in [2.75, 3.05) is 0 Å². The van der Waals surface area contributed by atoms with E-state index in [1.54, 1.807) is 11.6 Å². The number of hydrogen-bond acceptors (Lipinski definition) is 6. The number of rotatable bonds is 8. The molecule has 8 heteroatoms. The molecule has 0 atom stereocenters. The van der Waals surface area contributed by atoms with Gasteiger partial charge >= 0.3 is 0 Å². The number of aromatic amines is 1. The van der Waals surface area contributed by atoms with Gasteiger partial charge in [0.1, 0.15) is 17.8 Å². The largest absolute Gasteiger partial charge is 0.447 e. The number of aromatic nitrogens is 4. The first kappa shape index (κ1) is 17.4. The van der Waals surface area contributed by atoms with Crippen molar-refractivity contribution >= 4 is 28.3 Å². The van der Waals surface area contributed by atoms with Crippen LogP contribution in [0.25, 0.3) is 11.0 Å². The Bertz CT molecular complexity index is 989. The molecule has 4 aromatic rings. The second kappa shape index (κ2) is 8.13. The molecule has 0 saturated heterocycles. The molecule has 0 bridgehead atoms. The van der Waals surface area contributed by atoms with Gasteiger partial charge in [-0.2, -0.15) is 0 Å². The normalized spacial score (nSPS) is 11.1. The maximum Gasteiger partial charge on any atom is 0.271 e. The number of fused-ring (bicyclic) bond motifs is 1. The third-order valence-corrected chi connectivity index (χ3v) is 5.07. The van der Waals surface area contributed by atoms with Gasteiger partial charge in [-0.15, -0.1) is 11.3 Å². The SMILES string of the molecule is O=C(NCc1ncco1)c1csc(CCCCc2nc3ccccc3[nH]2)n1. The number of para-hydroxylation sites is 2. The molecule has 2 N–H and O–H groups in total. The zero-order valence-corrected chi connectivity index (χ0v) is 15.5. The van der Waals surface area contributed by atoms with Crippen molar-refractivity contribution in [3.05, 3.63) is 64.5 Å². The van der Waals surface area contributed by atoms with Gasteiger partial charge < -0.3 is 14.7 Å². The summed E-state index contributed by atoms with van der Waals surface area (Å²) in [6, 6.07) is 8.05. The van der Waals surface area contributed by atoms with Crippen molar-refractivity contribution in [1.82, 2.24) is 25.3 Å². The van der Waals surface area contributed by atoms with Crippen LogP contribution in [0.15, 0.2) is 46.5 Å². The average molecular weight is 381 g/mol. The molecule has 0 spiro atoms. The fourth-order valence-electron chi connectivity index (χ4n) is 2.81. The lowest BCUT2D eigenvalue weighted by Crippen LogP contribution is -2.23. The summed E-state index contributed by atoms with van der Waals surface area (Å²) in [7, 11) is 0. The van der Waals surface area contributed by atoms with E-state index in [4.69, 9.17) is 4.42 Å². The maximum atomic E-state index is 12.1. The Morgan fingerprint density at radius 3 is 2.93 bits per heavy atom. The number of thiazole rings is 1. The number of unbranched alkanes of at least 4 members (excludes halogenated alkanes) is 1. The Hall–Kier alpha value is -3.00. The van der Waals surface area contributed by atoms with E-state index in [2.05, 4.69) is 25.3 Å². The Morgan fingerprint density at radius 1 is 1.19 bits per heavy atom. The van der Waals surface area contributed by atoms with Crippen LogP contribution >= 0.6 is 11.3 Å². The smallest absolute Gasteiger partial charge is 0.271 e. The fraction of sp³-hybridized carbons (Fsp3) is 0.263. The number of H-pyrrole nitrogens is 1. The van der Waals surface area contributed by atoms with Crippen LogP contribution in [0.1, 0.15) is 40.1 Å². The molecule has 7 nitrogen and oxygen atoms in total. The number of carbonyl (C=O) groups is 1. The molecule has 138 valence electrons. The van der Waals surface area contributed by atoms with Gasteiger partial charge in [-0.25, -0.2) is 15.0 Å². The van der Waals surface area contributed by atoms with Gasteiger partial charge in [0.05, 0.1) is 28.8 Å². The zero-order chi connectivity index (χ0) is 18.5. The van der Waals surface area contributed by atoms with Crippen LogP contribution in [0.3, 0.4) is 0 Å². The summed E-state index contributed by atoms with van der Waals surface area (Å²) in [5.74, 6) is 1.28. The van der Waals surface area contributed by atoms with Gasteiger partial charge in [-0.3, -0.25) is 4.79 Å². The number of imidazole rings is 1. The molecule has 3 aromatic heterocycles. The molecule has 0 unspecified atom stereocenters. The Labute approximate surface area is 159 Å². The second-order valence-electron chi connectivity index (χ2n) is 6.14. The molecule has 0 fully saturated rings. The van der Waals surface area contributed by atoms with Crippen LogP contribution in [0.2, 0.25) is 0 Å². The summed E-state index contributed by atoms with van der Waals surface area (Å²) >= 11 is 1.52. The molecule has 4 rings (SSSR count). The maximum absolute atomic E-state index is 12.1. The fourth-order valence-corrected chi connectivity index (χ4v) is 3.63. The van der Waals surface area contributed by atoms with Gasteiger partial charge in [0.15, 0.2) is 0 Å². The van der Waals surface area contributed by atoms with Crippen molar-refractivity contribution in [3.8, 4) is 0 Å². The number of aryl methyl sites for hydroxylation is 2. The van der Waals surface area contributed by atoms with Gasteiger partial charge in [-0.05, 0) is 31.4 Å². The van der Waals surface area contributed by atoms with Gasteiger partial charge in [0, 0.05) is 11.8 Å². The molecular formula is C19H19N5O2S. The van der Waals surface area contributed by atoms with E-state index in [-0.39, 0.29) is 12.5 Å². The number of carbonyl (C=O) groups excluding carboxylic acids is 1. The number of nitrogens with zero attached hydrogens (tertiary/aromatic N) is 3. The molecule has 27 heavy (non-hydrogen) atoms. The van der Waals surface area contributed by atoms with E-state index in [0.29, 0.717) is 11.6 Å². The van der Waals surface area contributed by atoms with Crippen molar-refractivity contribution in [2.45, 2.75) is 32.2 Å². The topological polar surface area (TPSA) is 96.7 Å². The Balaban J connectivity index is 1.22. The highest BCUT2D eigenvalue weighted by molar-refractivity contribution is 7.09. The second-order valence-corrected chi connectivity index (χ2v) is 7.09. The molecule has 0 aliphatic heterocycles. The first-order valence-corrected chi connectivity index (χ1v) is 9.70. The molecule has 0 aliphatic rings. The number of oxazole rings is 1. The predicted octanol–water partition coefficient (Wildman–Crippen LogP) is 3.50. The number of hydrogen-bond donors (Lipinski definition) is 2. The Morgan fingerprint density at radius 2 is 2.07 bits per heavy atom. The van der Waals surface area contributed by atoms with Crippen LogP contribution in [0.4, 0.5) is 0 Å². The quantitative estimate of drug-likeness (QED) is 0.455.